The van der Waals surface area contributed by atoms with E-state index in [0.717, 1.165) is 58.2 Å². The van der Waals surface area contributed by atoms with Gasteiger partial charge in [0.05, 0.1) is 11.5 Å². The Hall–Kier alpha value is -1.73. The summed E-state index contributed by atoms with van der Waals surface area (Å²) in [5.74, 6) is -0.197. The summed E-state index contributed by atoms with van der Waals surface area (Å²) in [6.45, 7) is 15.1. The van der Waals surface area contributed by atoms with Crippen molar-refractivity contribution in [2.45, 2.75) is 91.3 Å². The van der Waals surface area contributed by atoms with Crippen LogP contribution in [0.5, 0.6) is 0 Å². The number of aliphatic hydroxyl groups is 1. The van der Waals surface area contributed by atoms with Gasteiger partial charge >= 0.3 is 6.09 Å². The molecule has 6 rings (SSSR count). The van der Waals surface area contributed by atoms with Gasteiger partial charge in [-0.3, -0.25) is 14.9 Å². The van der Waals surface area contributed by atoms with Crippen molar-refractivity contribution >= 4 is 17.8 Å². The van der Waals surface area contributed by atoms with Crippen molar-refractivity contribution in [3.8, 4) is 0 Å². The minimum Gasteiger partial charge on any atom is -0.445 e. The highest BCUT2D eigenvalue weighted by atomic mass is 16.6. The molecule has 0 spiro atoms. The van der Waals surface area contributed by atoms with Crippen LogP contribution in [-0.2, 0) is 14.3 Å². The zero-order valence-electron chi connectivity index (χ0n) is 22.5. The van der Waals surface area contributed by atoms with Gasteiger partial charge in [0, 0.05) is 23.2 Å². The van der Waals surface area contributed by atoms with Gasteiger partial charge in [-0.05, 0) is 81.8 Å². The van der Waals surface area contributed by atoms with Gasteiger partial charge in [0.15, 0.2) is 0 Å². The number of alkyl carbamates (subject to hydrolysis) is 1. The largest absolute Gasteiger partial charge is 0.445 e. The molecule has 6 fully saturated rings. The van der Waals surface area contributed by atoms with Crippen LogP contribution >= 0.6 is 0 Å². The zero-order valence-corrected chi connectivity index (χ0v) is 22.5. The lowest BCUT2D eigenvalue weighted by Crippen LogP contribution is -2.63. The van der Waals surface area contributed by atoms with Gasteiger partial charge in [-0.2, -0.15) is 0 Å². The Balaban J connectivity index is 1.47. The number of imide groups is 1. The second-order valence-electron chi connectivity index (χ2n) is 13.3. The molecule has 0 aromatic carbocycles. The van der Waals surface area contributed by atoms with E-state index in [1.54, 1.807) is 6.08 Å². The van der Waals surface area contributed by atoms with E-state index >= 15 is 0 Å². The fourth-order valence-corrected chi connectivity index (χ4v) is 9.05. The highest BCUT2D eigenvalue weighted by Crippen LogP contribution is 2.68. The Morgan fingerprint density at radius 1 is 1.11 bits per heavy atom. The van der Waals surface area contributed by atoms with Crippen molar-refractivity contribution in [1.82, 2.24) is 10.2 Å². The molecule has 8 atom stereocenters. The number of fused-ring (bicyclic) bond motifs is 3. The SMILES string of the molecule is C=C[C@]1(C)C[C@@H](OC(=O)NC(=O)C23CCN(CC2)CC3)[C@@]2(C)C3C(=O)CC[C@@]3(CC[C@H]2C)[C@@H](C)[C@@H]1O. The first kappa shape index (κ1) is 25.9. The van der Waals surface area contributed by atoms with Crippen LogP contribution in [0.3, 0.4) is 0 Å². The lowest BCUT2D eigenvalue weighted by molar-refractivity contribution is -0.191. The van der Waals surface area contributed by atoms with Crippen molar-refractivity contribution in [2.24, 2.45) is 39.4 Å². The second-order valence-corrected chi connectivity index (χ2v) is 13.3. The summed E-state index contributed by atoms with van der Waals surface area (Å²) in [5, 5.41) is 14.2. The van der Waals surface area contributed by atoms with E-state index in [1.807, 2.05) is 6.92 Å². The molecule has 3 saturated heterocycles. The Kier molecular flexibility index (Phi) is 6.23. The number of rotatable bonds is 3. The monoisotopic (exact) mass is 500 g/mol. The molecule has 3 saturated carbocycles. The highest BCUT2D eigenvalue weighted by molar-refractivity contribution is 5.95. The van der Waals surface area contributed by atoms with E-state index in [9.17, 15) is 19.5 Å². The molecule has 2 amide bonds. The van der Waals surface area contributed by atoms with Gasteiger partial charge in [0.25, 0.3) is 0 Å². The maximum absolute atomic E-state index is 13.5. The maximum atomic E-state index is 13.5. The molecule has 200 valence electrons. The van der Waals surface area contributed by atoms with Crippen molar-refractivity contribution in [1.29, 1.82) is 0 Å². The van der Waals surface area contributed by atoms with E-state index in [1.165, 1.54) is 0 Å². The summed E-state index contributed by atoms with van der Waals surface area (Å²) in [4.78, 5) is 42.5. The number of carbonyl (C=O) groups excluding carboxylic acids is 3. The number of ketones is 1. The average Bonchev–Trinajstić information content (AvgIpc) is 3.23. The lowest BCUT2D eigenvalue weighted by atomic mass is 9.44. The molecule has 0 radical (unpaired) electrons. The summed E-state index contributed by atoms with van der Waals surface area (Å²) >= 11 is 0. The number of nitrogens with one attached hydrogen (secondary N) is 1. The Labute approximate surface area is 215 Å². The number of hydrogen-bond acceptors (Lipinski definition) is 6. The summed E-state index contributed by atoms with van der Waals surface area (Å²) in [5.41, 5.74) is -2.08. The van der Waals surface area contributed by atoms with Crippen molar-refractivity contribution in [3.63, 3.8) is 0 Å². The fourth-order valence-electron chi connectivity index (χ4n) is 9.05. The molecule has 3 aliphatic carbocycles. The van der Waals surface area contributed by atoms with Gasteiger partial charge in [-0.1, -0.05) is 33.8 Å². The Morgan fingerprint density at radius 3 is 2.36 bits per heavy atom. The normalized spacial score (nSPS) is 50.0. The topological polar surface area (TPSA) is 95.9 Å². The van der Waals surface area contributed by atoms with Crippen molar-refractivity contribution in [2.75, 3.05) is 19.6 Å². The molecular weight excluding hydrogens is 456 g/mol. The average molecular weight is 501 g/mol. The molecule has 3 heterocycles. The van der Waals surface area contributed by atoms with Crippen LogP contribution in [0, 0.1) is 39.4 Å². The van der Waals surface area contributed by atoms with Gasteiger partial charge in [-0.25, -0.2) is 4.79 Å². The molecule has 2 N–H and O–H groups in total. The molecule has 1 unspecified atom stereocenters. The third-order valence-corrected chi connectivity index (χ3v) is 12.0. The first-order chi connectivity index (χ1) is 16.9. The van der Waals surface area contributed by atoms with Crippen LogP contribution in [-0.4, -0.2) is 59.6 Å². The molecule has 3 aliphatic heterocycles. The van der Waals surface area contributed by atoms with Crippen LogP contribution in [0.4, 0.5) is 4.79 Å². The molecule has 7 heteroatoms. The number of Topliss-reactive ketones (excluding diaryl/α,β-unsaturated/α-hetero) is 1. The first-order valence-corrected chi connectivity index (χ1v) is 14.0. The zero-order chi connectivity index (χ0) is 26.1. The third kappa shape index (κ3) is 3.55. The standard InChI is InChI=1S/C29H44N2O5/c1-6-26(4)17-21(36-25(35)30-24(34)28-11-14-31(15-12-28)16-13-28)27(5)18(2)7-9-29(19(3)23(26)33)10-8-20(32)22(27)29/h6,18-19,21-23,33H,1,7-17H2,2-5H3,(H,30,34,35)/t18-,19+,21-,22?,23+,26-,27+,29+/m1/s1. The minimum atomic E-state index is -0.725. The summed E-state index contributed by atoms with van der Waals surface area (Å²) in [6, 6.07) is 0. The van der Waals surface area contributed by atoms with E-state index in [4.69, 9.17) is 4.74 Å². The van der Waals surface area contributed by atoms with Crippen LogP contribution in [0.15, 0.2) is 12.7 Å². The molecule has 36 heavy (non-hydrogen) atoms. The summed E-state index contributed by atoms with van der Waals surface area (Å²) < 4.78 is 6.19. The smallest absolute Gasteiger partial charge is 0.414 e. The van der Waals surface area contributed by atoms with Gasteiger partial charge in [-0.15, -0.1) is 6.58 Å². The number of nitrogens with zero attached hydrogens (tertiary/aromatic N) is 1. The number of piperidine rings is 3. The Bertz CT molecular complexity index is 944. The predicted molar refractivity (Wildman–Crippen MR) is 136 cm³/mol. The Morgan fingerprint density at radius 2 is 1.75 bits per heavy atom. The number of carbonyl (C=O) groups is 3. The van der Waals surface area contributed by atoms with Gasteiger partial charge in [0.1, 0.15) is 11.9 Å². The molecule has 4 bridgehead atoms. The number of aliphatic hydroxyl groups excluding tert-OH is 1. The number of amides is 2. The van der Waals surface area contributed by atoms with E-state index < -0.39 is 34.5 Å². The number of ether oxygens (including phenoxy) is 1. The molecule has 7 nitrogen and oxygen atoms in total. The van der Waals surface area contributed by atoms with E-state index in [0.29, 0.717) is 12.8 Å². The molecule has 0 aromatic heterocycles. The maximum Gasteiger partial charge on any atom is 0.414 e. The molecular formula is C29H44N2O5. The third-order valence-electron chi connectivity index (χ3n) is 12.0. The van der Waals surface area contributed by atoms with Crippen molar-refractivity contribution in [3.05, 3.63) is 12.7 Å². The second kappa shape index (κ2) is 8.65. The lowest BCUT2D eigenvalue weighted by Gasteiger charge is -2.61. The number of hydrogen-bond donors (Lipinski definition) is 2. The highest BCUT2D eigenvalue weighted by Gasteiger charge is 2.68. The molecule has 6 aliphatic rings. The van der Waals surface area contributed by atoms with Crippen LogP contribution in [0.1, 0.15) is 79.1 Å². The molecule has 0 aromatic rings. The fraction of sp³-hybridized carbons (Fsp3) is 0.828. The first-order valence-electron chi connectivity index (χ1n) is 14.0. The summed E-state index contributed by atoms with van der Waals surface area (Å²) in [6.07, 6.45) is 5.48. The summed E-state index contributed by atoms with van der Waals surface area (Å²) in [7, 11) is 0. The van der Waals surface area contributed by atoms with Crippen LogP contribution in [0.2, 0.25) is 0 Å². The van der Waals surface area contributed by atoms with Gasteiger partial charge < -0.3 is 14.7 Å². The van der Waals surface area contributed by atoms with Gasteiger partial charge in [0.2, 0.25) is 5.91 Å². The van der Waals surface area contributed by atoms with E-state index in [2.05, 4.69) is 37.6 Å². The van der Waals surface area contributed by atoms with Crippen LogP contribution in [0.25, 0.3) is 0 Å². The predicted octanol–water partition coefficient (Wildman–Crippen LogP) is 4.09. The quantitative estimate of drug-likeness (QED) is 0.567. The van der Waals surface area contributed by atoms with Crippen molar-refractivity contribution < 1.29 is 24.2 Å². The van der Waals surface area contributed by atoms with E-state index in [-0.39, 0.29) is 34.9 Å². The van der Waals surface area contributed by atoms with Crippen LogP contribution < -0.4 is 5.32 Å². The minimum absolute atomic E-state index is 0.0728.